The van der Waals surface area contributed by atoms with Crippen molar-refractivity contribution in [3.63, 3.8) is 0 Å². The van der Waals surface area contributed by atoms with Crippen LogP contribution in [0.25, 0.3) is 0 Å². The SMILES string of the molecule is CCn1c(SCC(=O)Nc2ccc(Cl)cc2Cl)nnc1[C@H]1C[C@H]1c1ccc(Cl)cc1. The highest BCUT2D eigenvalue weighted by Gasteiger charge is 2.43. The Morgan fingerprint density at radius 1 is 1.10 bits per heavy atom. The second-order valence-corrected chi connectivity index (χ2v) is 9.27. The number of carbonyl (C=O) groups excluding carboxylic acids is 1. The Balaban J connectivity index is 1.39. The van der Waals surface area contributed by atoms with Crippen molar-refractivity contribution in [1.29, 1.82) is 0 Å². The van der Waals surface area contributed by atoms with Gasteiger partial charge in [-0.15, -0.1) is 10.2 Å². The molecule has 9 heteroatoms. The molecule has 1 aliphatic carbocycles. The van der Waals surface area contributed by atoms with E-state index < -0.39 is 0 Å². The molecule has 1 aromatic heterocycles. The number of aromatic nitrogens is 3. The summed E-state index contributed by atoms with van der Waals surface area (Å²) >= 11 is 19.4. The van der Waals surface area contributed by atoms with E-state index in [2.05, 4.69) is 39.1 Å². The number of anilines is 1. The molecule has 0 spiro atoms. The summed E-state index contributed by atoms with van der Waals surface area (Å²) in [5.41, 5.74) is 1.80. The molecule has 156 valence electrons. The number of halogens is 3. The molecule has 1 heterocycles. The third-order valence-corrected chi connectivity index (χ3v) is 6.79. The van der Waals surface area contributed by atoms with E-state index in [4.69, 9.17) is 34.8 Å². The predicted molar refractivity (Wildman–Crippen MR) is 123 cm³/mol. The van der Waals surface area contributed by atoms with E-state index in [1.165, 1.54) is 17.3 Å². The highest BCUT2D eigenvalue weighted by molar-refractivity contribution is 7.99. The summed E-state index contributed by atoms with van der Waals surface area (Å²) in [6.07, 6.45) is 1.04. The van der Waals surface area contributed by atoms with E-state index >= 15 is 0 Å². The van der Waals surface area contributed by atoms with Crippen LogP contribution in [0.3, 0.4) is 0 Å². The lowest BCUT2D eigenvalue weighted by Crippen LogP contribution is -2.15. The fraction of sp³-hybridized carbons (Fsp3) is 0.286. The van der Waals surface area contributed by atoms with Gasteiger partial charge in [0.15, 0.2) is 5.16 Å². The summed E-state index contributed by atoms with van der Waals surface area (Å²) < 4.78 is 2.09. The smallest absolute Gasteiger partial charge is 0.234 e. The number of hydrogen-bond acceptors (Lipinski definition) is 4. The van der Waals surface area contributed by atoms with Crippen molar-refractivity contribution in [3.8, 4) is 0 Å². The Hall–Kier alpha value is -1.73. The number of nitrogens with zero attached hydrogens (tertiary/aromatic N) is 3. The third-order valence-electron chi connectivity index (χ3n) is 5.02. The maximum Gasteiger partial charge on any atom is 0.234 e. The van der Waals surface area contributed by atoms with Gasteiger partial charge in [0.2, 0.25) is 5.91 Å². The lowest BCUT2D eigenvalue weighted by Gasteiger charge is -2.09. The molecule has 0 aliphatic heterocycles. The van der Waals surface area contributed by atoms with Crippen molar-refractivity contribution in [2.45, 2.75) is 36.9 Å². The Morgan fingerprint density at radius 2 is 1.83 bits per heavy atom. The van der Waals surface area contributed by atoms with E-state index in [1.54, 1.807) is 18.2 Å². The summed E-state index contributed by atoms with van der Waals surface area (Å²) in [5, 5.41) is 14.0. The fourth-order valence-electron chi connectivity index (χ4n) is 3.44. The van der Waals surface area contributed by atoms with Crippen LogP contribution in [0.15, 0.2) is 47.6 Å². The van der Waals surface area contributed by atoms with Gasteiger partial charge in [0.1, 0.15) is 5.82 Å². The second-order valence-electron chi connectivity index (χ2n) is 7.05. The molecule has 0 unspecified atom stereocenters. The molecule has 2 atom stereocenters. The normalized spacial score (nSPS) is 17.7. The molecule has 1 amide bonds. The molecule has 5 nitrogen and oxygen atoms in total. The van der Waals surface area contributed by atoms with Crippen molar-refractivity contribution in [2.75, 3.05) is 11.1 Å². The molecule has 1 N–H and O–H groups in total. The van der Waals surface area contributed by atoms with Gasteiger partial charge in [0, 0.05) is 22.5 Å². The molecule has 4 rings (SSSR count). The molecule has 2 aromatic carbocycles. The maximum atomic E-state index is 12.3. The van der Waals surface area contributed by atoms with Gasteiger partial charge < -0.3 is 9.88 Å². The molecule has 0 radical (unpaired) electrons. The first kappa shape index (κ1) is 21.5. The average Bonchev–Trinajstić information content (AvgIpc) is 3.41. The quantitative estimate of drug-likeness (QED) is 0.405. The van der Waals surface area contributed by atoms with E-state index in [-0.39, 0.29) is 11.7 Å². The average molecular weight is 482 g/mol. The van der Waals surface area contributed by atoms with Crippen LogP contribution >= 0.6 is 46.6 Å². The Kier molecular flexibility index (Phi) is 6.58. The van der Waals surface area contributed by atoms with Crippen LogP contribution in [0, 0.1) is 0 Å². The monoisotopic (exact) mass is 480 g/mol. The molecule has 1 aliphatic rings. The molecule has 1 fully saturated rings. The molecule has 30 heavy (non-hydrogen) atoms. The van der Waals surface area contributed by atoms with Gasteiger partial charge in [-0.25, -0.2) is 0 Å². The first-order valence-corrected chi connectivity index (χ1v) is 11.6. The topological polar surface area (TPSA) is 59.8 Å². The summed E-state index contributed by atoms with van der Waals surface area (Å²) in [5.74, 6) is 1.80. The number of carbonyl (C=O) groups is 1. The Morgan fingerprint density at radius 3 is 2.53 bits per heavy atom. The van der Waals surface area contributed by atoms with Crippen molar-refractivity contribution in [3.05, 3.63) is 68.9 Å². The first-order chi connectivity index (χ1) is 14.5. The van der Waals surface area contributed by atoms with Crippen molar-refractivity contribution in [2.24, 2.45) is 0 Å². The van der Waals surface area contributed by atoms with Crippen molar-refractivity contribution in [1.82, 2.24) is 14.8 Å². The third kappa shape index (κ3) is 4.78. The number of rotatable bonds is 7. The molecule has 0 bridgehead atoms. The van der Waals surface area contributed by atoms with Gasteiger partial charge in [-0.1, -0.05) is 58.7 Å². The van der Waals surface area contributed by atoms with Crippen LogP contribution in [0.5, 0.6) is 0 Å². The van der Waals surface area contributed by atoms with Crippen molar-refractivity contribution >= 4 is 58.2 Å². The van der Waals surface area contributed by atoms with Gasteiger partial charge >= 0.3 is 0 Å². The minimum Gasteiger partial charge on any atom is -0.324 e. The van der Waals surface area contributed by atoms with Crippen LogP contribution in [-0.2, 0) is 11.3 Å². The summed E-state index contributed by atoms with van der Waals surface area (Å²) in [4.78, 5) is 12.3. The summed E-state index contributed by atoms with van der Waals surface area (Å²) in [6.45, 7) is 2.81. The zero-order valence-electron chi connectivity index (χ0n) is 16.1. The van der Waals surface area contributed by atoms with E-state index in [0.29, 0.717) is 27.6 Å². The largest absolute Gasteiger partial charge is 0.324 e. The molecule has 3 aromatic rings. The second kappa shape index (κ2) is 9.18. The van der Waals surface area contributed by atoms with E-state index in [0.717, 1.165) is 29.0 Å². The Bertz CT molecular complexity index is 1070. The molecule has 1 saturated carbocycles. The highest BCUT2D eigenvalue weighted by atomic mass is 35.5. The first-order valence-electron chi connectivity index (χ1n) is 9.52. The minimum atomic E-state index is -0.165. The number of amides is 1. The van der Waals surface area contributed by atoms with Crippen LogP contribution in [0.2, 0.25) is 15.1 Å². The van der Waals surface area contributed by atoms with Crippen LogP contribution in [-0.4, -0.2) is 26.4 Å². The minimum absolute atomic E-state index is 0.165. The van der Waals surface area contributed by atoms with Gasteiger partial charge in [0.05, 0.1) is 16.5 Å². The van der Waals surface area contributed by atoms with Crippen molar-refractivity contribution < 1.29 is 4.79 Å². The van der Waals surface area contributed by atoms with E-state index in [1.807, 2.05) is 12.1 Å². The van der Waals surface area contributed by atoms with Crippen LogP contribution in [0.1, 0.15) is 36.6 Å². The predicted octanol–water partition coefficient (Wildman–Crippen LogP) is 6.26. The number of thioether (sulfide) groups is 1. The standard InChI is InChI=1S/C21H19Cl3N4OS/c1-2-28-20(16-10-15(16)12-3-5-13(22)6-4-12)26-27-21(28)30-11-19(29)25-18-8-7-14(23)9-17(18)24/h3-9,15-16H,2,10-11H2,1H3,(H,25,29)/t15-,16-/m0/s1. The molecule has 0 saturated heterocycles. The highest BCUT2D eigenvalue weighted by Crippen LogP contribution is 2.54. The molecular weight excluding hydrogens is 463 g/mol. The zero-order chi connectivity index (χ0) is 21.3. The lowest BCUT2D eigenvalue weighted by atomic mass is 10.1. The number of hydrogen-bond donors (Lipinski definition) is 1. The van der Waals surface area contributed by atoms with Crippen LogP contribution < -0.4 is 5.32 Å². The fourth-order valence-corrected chi connectivity index (χ4v) is 4.84. The summed E-state index contributed by atoms with van der Waals surface area (Å²) in [6, 6.07) is 12.9. The zero-order valence-corrected chi connectivity index (χ0v) is 19.2. The van der Waals surface area contributed by atoms with Gasteiger partial charge in [-0.3, -0.25) is 4.79 Å². The van der Waals surface area contributed by atoms with Gasteiger partial charge in [-0.2, -0.15) is 0 Å². The number of benzene rings is 2. The van der Waals surface area contributed by atoms with Gasteiger partial charge in [-0.05, 0) is 55.2 Å². The molecular formula is C21H19Cl3N4OS. The lowest BCUT2D eigenvalue weighted by molar-refractivity contribution is -0.113. The maximum absolute atomic E-state index is 12.3. The number of nitrogens with one attached hydrogen (secondary N) is 1. The Labute approximate surface area is 194 Å². The van der Waals surface area contributed by atoms with E-state index in [9.17, 15) is 4.79 Å². The van der Waals surface area contributed by atoms with Gasteiger partial charge in [0.25, 0.3) is 0 Å². The van der Waals surface area contributed by atoms with Crippen LogP contribution in [0.4, 0.5) is 5.69 Å². The summed E-state index contributed by atoms with van der Waals surface area (Å²) in [7, 11) is 0.